The van der Waals surface area contributed by atoms with Gasteiger partial charge in [-0.15, -0.1) is 0 Å². The Morgan fingerprint density at radius 2 is 1.78 bits per heavy atom. The van der Waals surface area contributed by atoms with Crippen molar-refractivity contribution in [3.8, 4) is 39.8 Å². The third-order valence-corrected chi connectivity index (χ3v) is 5.19. The number of phenols is 1. The van der Waals surface area contributed by atoms with Crippen molar-refractivity contribution >= 4 is 21.9 Å². The first kappa shape index (κ1) is 18.1. The summed E-state index contributed by atoms with van der Waals surface area (Å²) >= 11 is 0. The van der Waals surface area contributed by atoms with Crippen LogP contribution in [-0.4, -0.2) is 40.2 Å². The molecule has 0 unspecified atom stereocenters. The molecule has 0 bridgehead atoms. The number of H-pyrrole nitrogens is 2. The topological polar surface area (TPSA) is 116 Å². The molecule has 0 amide bonds. The molecule has 0 radical (unpaired) electrons. The molecule has 6 rings (SSSR count). The van der Waals surface area contributed by atoms with Crippen molar-refractivity contribution in [2.45, 2.75) is 0 Å². The van der Waals surface area contributed by atoms with Gasteiger partial charge in [-0.25, -0.2) is 9.37 Å². The molecule has 5 aromatic heterocycles. The number of benzene rings is 1. The highest BCUT2D eigenvalue weighted by molar-refractivity contribution is 5.99. The quantitative estimate of drug-likeness (QED) is 0.387. The van der Waals surface area contributed by atoms with Crippen molar-refractivity contribution in [3.63, 3.8) is 0 Å². The molecule has 154 valence electrons. The number of aromatic hydroxyl groups is 1. The van der Waals surface area contributed by atoms with E-state index in [-0.39, 0.29) is 5.75 Å². The number of fused-ring (bicyclic) bond motifs is 2. The minimum atomic E-state index is -0.534. The molecular formula is C23H14FN7O. The maximum Gasteiger partial charge on any atom is 0.135 e. The number of rotatable bonds is 3. The molecule has 0 fully saturated rings. The van der Waals surface area contributed by atoms with Gasteiger partial charge >= 0.3 is 0 Å². The summed E-state index contributed by atoms with van der Waals surface area (Å²) in [7, 11) is 0. The van der Waals surface area contributed by atoms with E-state index in [9.17, 15) is 9.50 Å². The van der Waals surface area contributed by atoms with Crippen molar-refractivity contribution in [2.75, 3.05) is 0 Å². The summed E-state index contributed by atoms with van der Waals surface area (Å²) in [5.41, 5.74) is 5.99. The second kappa shape index (κ2) is 6.95. The summed E-state index contributed by atoms with van der Waals surface area (Å²) in [6, 6.07) is 11.4. The lowest BCUT2D eigenvalue weighted by Crippen LogP contribution is -1.89. The summed E-state index contributed by atoms with van der Waals surface area (Å²) in [6.07, 6.45) is 6.52. The fourth-order valence-corrected chi connectivity index (χ4v) is 3.78. The SMILES string of the molecule is Oc1cc(F)cc(-c2nccc3[nH]c(-c4n[nH]c5ccc(-c6cnccn6)nc45)cc23)c1. The standard InChI is InChI=1S/C23H14FN7O/c24-13-7-12(8-14(32)9-13)21-15-10-19(28-16(15)3-4-27-21)23-22-18(30-31-23)2-1-17(29-22)20-11-25-5-6-26-20/h1-11,28,32H,(H,30,31). The highest BCUT2D eigenvalue weighted by Gasteiger charge is 2.16. The van der Waals surface area contributed by atoms with Gasteiger partial charge in [0.15, 0.2) is 0 Å². The molecule has 9 heteroatoms. The van der Waals surface area contributed by atoms with Crippen LogP contribution in [0.4, 0.5) is 4.39 Å². The third-order valence-electron chi connectivity index (χ3n) is 5.19. The minimum absolute atomic E-state index is 0.159. The molecule has 0 atom stereocenters. The molecule has 0 saturated heterocycles. The Kier molecular flexibility index (Phi) is 3.94. The van der Waals surface area contributed by atoms with E-state index in [1.165, 1.54) is 12.1 Å². The predicted octanol–water partition coefficient (Wildman–Crippen LogP) is 4.47. The zero-order valence-corrected chi connectivity index (χ0v) is 16.4. The Labute approximate surface area is 179 Å². The summed E-state index contributed by atoms with van der Waals surface area (Å²) in [4.78, 5) is 20.9. The van der Waals surface area contributed by atoms with Crippen LogP contribution in [0, 0.1) is 5.82 Å². The maximum absolute atomic E-state index is 13.9. The zero-order chi connectivity index (χ0) is 21.7. The van der Waals surface area contributed by atoms with Gasteiger partial charge in [-0.3, -0.25) is 20.1 Å². The van der Waals surface area contributed by atoms with Gasteiger partial charge < -0.3 is 10.1 Å². The molecule has 0 aliphatic heterocycles. The van der Waals surface area contributed by atoms with Gasteiger partial charge in [0.2, 0.25) is 0 Å². The van der Waals surface area contributed by atoms with Crippen LogP contribution < -0.4 is 0 Å². The normalized spacial score (nSPS) is 11.4. The van der Waals surface area contributed by atoms with Gasteiger partial charge in [-0.2, -0.15) is 5.10 Å². The molecule has 1 aromatic carbocycles. The number of phenolic OH excluding ortho intramolecular Hbond substituents is 1. The van der Waals surface area contributed by atoms with Crippen LogP contribution in [0.5, 0.6) is 5.75 Å². The Balaban J connectivity index is 1.52. The Morgan fingerprint density at radius 3 is 2.62 bits per heavy atom. The number of nitrogens with one attached hydrogen (secondary N) is 2. The molecule has 0 spiro atoms. The van der Waals surface area contributed by atoms with E-state index in [0.717, 1.165) is 28.2 Å². The first-order chi connectivity index (χ1) is 15.7. The van der Waals surface area contributed by atoms with Crippen molar-refractivity contribution in [1.29, 1.82) is 0 Å². The average molecular weight is 423 g/mol. The fourth-order valence-electron chi connectivity index (χ4n) is 3.78. The van der Waals surface area contributed by atoms with Crippen LogP contribution in [0.1, 0.15) is 0 Å². The van der Waals surface area contributed by atoms with Gasteiger partial charge in [-0.05, 0) is 36.4 Å². The molecule has 32 heavy (non-hydrogen) atoms. The molecule has 0 aliphatic carbocycles. The summed E-state index contributed by atoms with van der Waals surface area (Å²) in [5, 5.41) is 18.0. The molecule has 3 N–H and O–H groups in total. The molecule has 0 saturated carbocycles. The van der Waals surface area contributed by atoms with E-state index in [2.05, 4.69) is 30.1 Å². The van der Waals surface area contributed by atoms with Gasteiger partial charge in [0, 0.05) is 41.1 Å². The van der Waals surface area contributed by atoms with E-state index in [4.69, 9.17) is 4.98 Å². The number of aromatic amines is 2. The van der Waals surface area contributed by atoms with Gasteiger partial charge in [-0.1, -0.05) is 0 Å². The molecule has 0 aliphatic rings. The Bertz CT molecular complexity index is 1590. The van der Waals surface area contributed by atoms with Crippen molar-refractivity contribution in [2.24, 2.45) is 0 Å². The van der Waals surface area contributed by atoms with Gasteiger partial charge in [0.1, 0.15) is 28.5 Å². The Hall–Kier alpha value is -4.66. The van der Waals surface area contributed by atoms with E-state index in [1.54, 1.807) is 24.8 Å². The van der Waals surface area contributed by atoms with E-state index >= 15 is 0 Å². The predicted molar refractivity (Wildman–Crippen MR) is 117 cm³/mol. The van der Waals surface area contributed by atoms with Crippen LogP contribution in [0.25, 0.3) is 56.0 Å². The van der Waals surface area contributed by atoms with Crippen molar-refractivity contribution in [3.05, 3.63) is 73.1 Å². The smallest absolute Gasteiger partial charge is 0.135 e. The maximum atomic E-state index is 13.9. The number of hydrogen-bond acceptors (Lipinski definition) is 6. The lowest BCUT2D eigenvalue weighted by Gasteiger charge is -2.03. The summed E-state index contributed by atoms with van der Waals surface area (Å²) < 4.78 is 13.9. The lowest BCUT2D eigenvalue weighted by molar-refractivity contribution is 0.469. The molecule has 8 nitrogen and oxygen atoms in total. The molecular weight excluding hydrogens is 409 g/mol. The second-order valence-electron chi connectivity index (χ2n) is 7.26. The minimum Gasteiger partial charge on any atom is -0.508 e. The summed E-state index contributed by atoms with van der Waals surface area (Å²) in [6.45, 7) is 0. The molecule has 6 aromatic rings. The monoisotopic (exact) mass is 423 g/mol. The number of halogens is 1. The third kappa shape index (κ3) is 2.95. The van der Waals surface area contributed by atoms with E-state index in [1.807, 2.05) is 24.3 Å². The van der Waals surface area contributed by atoms with Crippen LogP contribution in [0.3, 0.4) is 0 Å². The van der Waals surface area contributed by atoms with E-state index < -0.39 is 5.82 Å². The number of hydrogen-bond donors (Lipinski definition) is 3. The van der Waals surface area contributed by atoms with Gasteiger partial charge in [0.05, 0.1) is 28.8 Å². The van der Waals surface area contributed by atoms with Crippen LogP contribution in [0.15, 0.2) is 67.3 Å². The van der Waals surface area contributed by atoms with Crippen molar-refractivity contribution in [1.82, 2.24) is 35.1 Å². The van der Waals surface area contributed by atoms with Crippen LogP contribution in [-0.2, 0) is 0 Å². The van der Waals surface area contributed by atoms with E-state index in [0.29, 0.717) is 33.9 Å². The highest BCUT2D eigenvalue weighted by Crippen LogP contribution is 2.34. The first-order valence-electron chi connectivity index (χ1n) is 9.75. The number of nitrogens with zero attached hydrogens (tertiary/aromatic N) is 5. The lowest BCUT2D eigenvalue weighted by atomic mass is 10.1. The number of aromatic nitrogens is 7. The first-order valence-corrected chi connectivity index (χ1v) is 9.75. The number of pyridine rings is 2. The van der Waals surface area contributed by atoms with Crippen LogP contribution in [0.2, 0.25) is 0 Å². The highest BCUT2D eigenvalue weighted by atomic mass is 19.1. The molecule has 5 heterocycles. The summed E-state index contributed by atoms with van der Waals surface area (Å²) in [5.74, 6) is -0.692. The van der Waals surface area contributed by atoms with Crippen molar-refractivity contribution < 1.29 is 9.50 Å². The Morgan fingerprint density at radius 1 is 0.844 bits per heavy atom. The largest absolute Gasteiger partial charge is 0.508 e. The second-order valence-corrected chi connectivity index (χ2v) is 7.26. The van der Waals surface area contributed by atoms with Crippen LogP contribution >= 0.6 is 0 Å². The zero-order valence-electron chi connectivity index (χ0n) is 16.4. The fraction of sp³-hybridized carbons (Fsp3) is 0. The van der Waals surface area contributed by atoms with Gasteiger partial charge in [0.25, 0.3) is 0 Å². The average Bonchev–Trinajstić information content (AvgIpc) is 3.42.